The second-order valence-corrected chi connectivity index (χ2v) is 25.2. The molecule has 0 bridgehead atoms. The lowest BCUT2D eigenvalue weighted by Crippen LogP contribution is -2.30. The Morgan fingerprint density at radius 3 is 0.900 bits per heavy atom. The number of thioether (sulfide) groups is 3. The third kappa shape index (κ3) is 13.0. The summed E-state index contributed by atoms with van der Waals surface area (Å²) in [6.45, 7) is 17.7. The molecule has 368 valence electrons. The average Bonchev–Trinajstić information content (AvgIpc) is 4.14. The molecule has 3 heterocycles. The number of nitriles is 6. The van der Waals surface area contributed by atoms with Crippen molar-refractivity contribution in [1.82, 2.24) is 14.7 Å². The van der Waals surface area contributed by atoms with E-state index in [1.54, 1.807) is 0 Å². The van der Waals surface area contributed by atoms with Gasteiger partial charge in [-0.2, -0.15) is 31.6 Å². The van der Waals surface area contributed by atoms with Crippen LogP contribution in [0.1, 0.15) is 138 Å². The molecular weight excluding hydrogens is 931 g/mol. The first-order chi connectivity index (χ1) is 33.4. The predicted octanol–water partition coefficient (Wildman–Crippen LogP) is 11.1. The molecule has 12 nitrogen and oxygen atoms in total. The Morgan fingerprint density at radius 2 is 0.686 bits per heavy atom. The van der Waals surface area contributed by atoms with Gasteiger partial charge in [0.1, 0.15) is 53.1 Å². The zero-order valence-corrected chi connectivity index (χ0v) is 44.5. The molecular formula is C55H67N9O3S3. The van der Waals surface area contributed by atoms with E-state index in [-0.39, 0.29) is 54.2 Å². The van der Waals surface area contributed by atoms with Crippen LogP contribution < -0.4 is 0 Å². The SMILES string of the molecule is CC1(C)CC(N2CCCC2)=C(C#N)/C(=C(\C#N)C(=O)SCCC(CCSC(=O)/C(C#N)=C2\CC(C)(C)CC(N3CCCC3)=C2C#N)CCSC(=O)/C(C#N)=C2\CC(C)(C)CC(N3CCCC3)=C2C#N)C1. The molecule has 3 aliphatic heterocycles. The van der Waals surface area contributed by atoms with Crippen molar-refractivity contribution in [2.24, 2.45) is 22.2 Å². The zero-order valence-electron chi connectivity index (χ0n) is 42.0. The van der Waals surface area contributed by atoms with Gasteiger partial charge >= 0.3 is 0 Å². The molecule has 0 amide bonds. The van der Waals surface area contributed by atoms with Crippen molar-refractivity contribution in [3.05, 3.63) is 67.2 Å². The van der Waals surface area contributed by atoms with Crippen LogP contribution in [0.5, 0.6) is 0 Å². The van der Waals surface area contributed by atoms with Gasteiger partial charge in [-0.1, -0.05) is 76.8 Å². The summed E-state index contributed by atoms with van der Waals surface area (Å²) in [6, 6.07) is 13.6. The molecule has 6 rings (SSSR count). The van der Waals surface area contributed by atoms with Crippen molar-refractivity contribution in [2.75, 3.05) is 56.5 Å². The van der Waals surface area contributed by atoms with E-state index < -0.39 is 0 Å². The van der Waals surface area contributed by atoms with Crippen LogP contribution in [0.25, 0.3) is 0 Å². The van der Waals surface area contributed by atoms with E-state index in [0.29, 0.717) is 108 Å². The van der Waals surface area contributed by atoms with Gasteiger partial charge in [0.05, 0.1) is 16.7 Å². The van der Waals surface area contributed by atoms with Gasteiger partial charge in [0.2, 0.25) is 15.3 Å². The Labute approximate surface area is 429 Å². The van der Waals surface area contributed by atoms with Crippen molar-refractivity contribution >= 4 is 50.6 Å². The van der Waals surface area contributed by atoms with Gasteiger partial charge in [0.15, 0.2) is 0 Å². The van der Waals surface area contributed by atoms with Crippen LogP contribution in [0, 0.1) is 90.1 Å². The Balaban J connectivity index is 1.21. The van der Waals surface area contributed by atoms with Crippen LogP contribution in [-0.4, -0.2) is 86.6 Å². The smallest absolute Gasteiger partial charge is 0.230 e. The first-order valence-electron chi connectivity index (χ1n) is 25.0. The fraction of sp³-hybridized carbons (Fsp3) is 0.618. The summed E-state index contributed by atoms with van der Waals surface area (Å²) in [6.07, 6.45) is 11.2. The Bertz CT molecular complexity index is 2290. The molecule has 3 fully saturated rings. The summed E-state index contributed by atoms with van der Waals surface area (Å²) in [5.74, 6) is 0.964. The first-order valence-corrected chi connectivity index (χ1v) is 27.9. The van der Waals surface area contributed by atoms with E-state index in [2.05, 4.69) is 92.7 Å². The van der Waals surface area contributed by atoms with Crippen LogP contribution >= 0.6 is 35.3 Å². The number of hydrogen-bond donors (Lipinski definition) is 0. The number of carbonyl (C=O) groups is 3. The van der Waals surface area contributed by atoms with E-state index >= 15 is 0 Å². The van der Waals surface area contributed by atoms with Crippen LogP contribution in [0.4, 0.5) is 0 Å². The van der Waals surface area contributed by atoms with Gasteiger partial charge in [0.25, 0.3) is 0 Å². The van der Waals surface area contributed by atoms with E-state index in [1.807, 2.05) is 0 Å². The largest absolute Gasteiger partial charge is 0.374 e. The van der Waals surface area contributed by atoms with Gasteiger partial charge in [-0.25, -0.2) is 0 Å². The Morgan fingerprint density at radius 1 is 0.443 bits per heavy atom. The van der Waals surface area contributed by atoms with Crippen molar-refractivity contribution < 1.29 is 14.4 Å². The van der Waals surface area contributed by atoms with Crippen molar-refractivity contribution in [1.29, 1.82) is 31.6 Å². The van der Waals surface area contributed by atoms with Gasteiger partial charge < -0.3 is 14.7 Å². The molecule has 6 aliphatic rings. The molecule has 0 atom stereocenters. The lowest BCUT2D eigenvalue weighted by atomic mass is 9.72. The second kappa shape index (κ2) is 23.8. The molecule has 0 saturated carbocycles. The summed E-state index contributed by atoms with van der Waals surface area (Å²) in [7, 11) is 0. The minimum atomic E-state index is -0.387. The van der Waals surface area contributed by atoms with E-state index in [0.717, 1.165) is 130 Å². The van der Waals surface area contributed by atoms with Gasteiger partial charge in [-0.15, -0.1) is 0 Å². The van der Waals surface area contributed by atoms with E-state index in [4.69, 9.17) is 0 Å². The predicted molar refractivity (Wildman–Crippen MR) is 277 cm³/mol. The standard InChI is InChI=1S/C55H67N9O3S3/c1-53(2)25-38(41(31-56)47(28-53)62-16-7-8-17-62)44(34-59)50(65)68-22-13-37(14-23-69-51(66)45(35-60)39-26-54(3,4)29-48(42(39)32-57)63-18-9-10-19-63)15-24-70-52(67)46(36-61)40-27-55(5,6)30-49(43(40)33-58)64-20-11-12-21-64/h37H,7-30H2,1-6H3/b44-38+,45-39+,46-40+. The van der Waals surface area contributed by atoms with Crippen molar-refractivity contribution in [3.63, 3.8) is 0 Å². The van der Waals surface area contributed by atoms with Gasteiger partial charge in [-0.05, 0) is 135 Å². The molecule has 0 N–H and O–H groups in total. The van der Waals surface area contributed by atoms with E-state index in [1.165, 1.54) is 0 Å². The maximum atomic E-state index is 14.0. The molecule has 0 unspecified atom stereocenters. The normalized spacial score (nSPS) is 23.0. The highest BCUT2D eigenvalue weighted by Crippen LogP contribution is 2.48. The average molecular weight is 998 g/mol. The highest BCUT2D eigenvalue weighted by Gasteiger charge is 2.40. The molecule has 3 aliphatic carbocycles. The minimum absolute atomic E-state index is 0.00755. The van der Waals surface area contributed by atoms with Crippen LogP contribution in [0.3, 0.4) is 0 Å². The second-order valence-electron chi connectivity index (χ2n) is 22.0. The quantitative estimate of drug-likeness (QED) is 0.111. The first kappa shape index (κ1) is 54.2. The van der Waals surface area contributed by atoms with Crippen LogP contribution in [-0.2, 0) is 14.4 Å². The van der Waals surface area contributed by atoms with Crippen molar-refractivity contribution in [2.45, 2.75) is 138 Å². The lowest BCUT2D eigenvalue weighted by molar-refractivity contribution is -0.108. The molecule has 3 saturated heterocycles. The number of allylic oxidation sites excluding steroid dienone is 9. The Kier molecular flexibility index (Phi) is 18.4. The maximum absolute atomic E-state index is 14.0. The fourth-order valence-corrected chi connectivity index (χ4v) is 14.0. The highest BCUT2D eigenvalue weighted by molar-refractivity contribution is 8.14. The molecule has 0 aromatic rings. The van der Waals surface area contributed by atoms with Crippen LogP contribution in [0.15, 0.2) is 67.2 Å². The fourth-order valence-electron chi connectivity index (χ4n) is 11.2. The summed E-state index contributed by atoms with van der Waals surface area (Å²) >= 11 is 3.13. The Hall–Kier alpha value is -5.16. The molecule has 0 radical (unpaired) electrons. The molecule has 0 spiro atoms. The number of carbonyl (C=O) groups excluding carboxylic acids is 3. The third-order valence-corrected chi connectivity index (χ3v) is 17.3. The number of likely N-dealkylation sites (tertiary alicyclic amines) is 3. The lowest BCUT2D eigenvalue weighted by Gasteiger charge is -2.37. The third-order valence-electron chi connectivity index (χ3n) is 14.6. The molecule has 0 aromatic heterocycles. The summed E-state index contributed by atoms with van der Waals surface area (Å²) < 4.78 is 0. The zero-order chi connectivity index (χ0) is 50.8. The van der Waals surface area contributed by atoms with Gasteiger partial charge in [0, 0.05) is 73.6 Å². The monoisotopic (exact) mass is 997 g/mol. The number of nitrogens with zero attached hydrogens (tertiary/aromatic N) is 9. The molecule has 70 heavy (non-hydrogen) atoms. The minimum Gasteiger partial charge on any atom is -0.374 e. The summed E-state index contributed by atoms with van der Waals surface area (Å²) in [5, 5.41) is 61.4. The van der Waals surface area contributed by atoms with Crippen molar-refractivity contribution in [3.8, 4) is 36.4 Å². The summed E-state index contributed by atoms with van der Waals surface area (Å²) in [4.78, 5) is 48.7. The summed E-state index contributed by atoms with van der Waals surface area (Å²) in [5.41, 5.74) is 4.89. The van der Waals surface area contributed by atoms with Crippen LogP contribution in [0.2, 0.25) is 0 Å². The number of hydrogen-bond acceptors (Lipinski definition) is 15. The topological polar surface area (TPSA) is 204 Å². The number of rotatable bonds is 15. The molecule has 15 heteroatoms. The molecule has 0 aromatic carbocycles. The van der Waals surface area contributed by atoms with E-state index in [9.17, 15) is 46.0 Å². The maximum Gasteiger partial charge on any atom is 0.230 e. The van der Waals surface area contributed by atoms with Gasteiger partial charge in [-0.3, -0.25) is 14.4 Å². The highest BCUT2D eigenvalue weighted by atomic mass is 32.2.